The van der Waals surface area contributed by atoms with E-state index in [9.17, 15) is 18.4 Å². The van der Waals surface area contributed by atoms with Crippen LogP contribution in [0.25, 0.3) is 0 Å². The largest absolute Gasteiger partial charge is 0.342 e. The van der Waals surface area contributed by atoms with Crippen molar-refractivity contribution < 1.29 is 18.4 Å². The summed E-state index contributed by atoms with van der Waals surface area (Å²) in [7, 11) is 0. The summed E-state index contributed by atoms with van der Waals surface area (Å²) < 4.78 is 25.1. The van der Waals surface area contributed by atoms with Gasteiger partial charge in [0, 0.05) is 0 Å². The first kappa shape index (κ1) is 14.9. The third kappa shape index (κ3) is 3.17. The molecule has 2 unspecified atom stereocenters. The van der Waals surface area contributed by atoms with E-state index < -0.39 is 31.0 Å². The maximum Gasteiger partial charge on any atom is 0.255 e. The van der Waals surface area contributed by atoms with Crippen LogP contribution in [0.15, 0.2) is 0 Å². The normalized spacial score (nSPS) is 24.9. The number of alkyl halides is 2. The Kier molecular flexibility index (Phi) is 5.04. The highest BCUT2D eigenvalue weighted by atomic mass is 19.3. The van der Waals surface area contributed by atoms with Crippen molar-refractivity contribution in [2.45, 2.75) is 52.1 Å². The van der Waals surface area contributed by atoms with E-state index in [0.717, 1.165) is 4.90 Å². The minimum absolute atomic E-state index is 0.185. The molecule has 0 aromatic heterocycles. The average Bonchev–Trinajstić information content (AvgIpc) is 2.24. The molecular formula is C12H20F2N2O2. The standard InChI is InChI=1S/C12H20F2N2O2/c1-4-5-8-12(18)16(6-9(13)14)10(7(2)3)11(17)15-8/h7-10H,4-6H2,1-3H3,(H,15,17). The fourth-order valence-corrected chi connectivity index (χ4v) is 2.30. The van der Waals surface area contributed by atoms with E-state index in [-0.39, 0.29) is 11.8 Å². The van der Waals surface area contributed by atoms with Crippen LogP contribution < -0.4 is 5.32 Å². The number of hydrogen-bond acceptors (Lipinski definition) is 2. The number of hydrogen-bond donors (Lipinski definition) is 1. The summed E-state index contributed by atoms with van der Waals surface area (Å²) in [6.45, 7) is 4.70. The number of carbonyl (C=O) groups is 2. The van der Waals surface area contributed by atoms with Crippen LogP contribution in [0, 0.1) is 5.92 Å². The molecule has 1 N–H and O–H groups in total. The van der Waals surface area contributed by atoms with E-state index in [1.165, 1.54) is 0 Å². The van der Waals surface area contributed by atoms with E-state index in [1.807, 2.05) is 6.92 Å². The lowest BCUT2D eigenvalue weighted by Gasteiger charge is -2.40. The van der Waals surface area contributed by atoms with Crippen molar-refractivity contribution in [1.29, 1.82) is 0 Å². The van der Waals surface area contributed by atoms with Crippen LogP contribution in [0.1, 0.15) is 33.6 Å². The van der Waals surface area contributed by atoms with Crippen molar-refractivity contribution in [1.82, 2.24) is 10.2 Å². The highest BCUT2D eigenvalue weighted by Gasteiger charge is 2.42. The van der Waals surface area contributed by atoms with Crippen molar-refractivity contribution in [2.75, 3.05) is 6.54 Å². The van der Waals surface area contributed by atoms with Crippen molar-refractivity contribution in [2.24, 2.45) is 5.92 Å². The Morgan fingerprint density at radius 3 is 2.39 bits per heavy atom. The van der Waals surface area contributed by atoms with Crippen molar-refractivity contribution in [3.8, 4) is 0 Å². The van der Waals surface area contributed by atoms with Crippen molar-refractivity contribution in [3.05, 3.63) is 0 Å². The van der Waals surface area contributed by atoms with Gasteiger partial charge in [0.2, 0.25) is 11.8 Å². The first-order valence-corrected chi connectivity index (χ1v) is 6.27. The van der Waals surface area contributed by atoms with Gasteiger partial charge >= 0.3 is 0 Å². The summed E-state index contributed by atoms with van der Waals surface area (Å²) in [6.07, 6.45) is -1.43. The molecule has 0 bridgehead atoms. The Morgan fingerprint density at radius 2 is 1.94 bits per heavy atom. The van der Waals surface area contributed by atoms with Gasteiger partial charge in [-0.3, -0.25) is 9.59 Å². The Bertz CT molecular complexity index is 321. The number of nitrogens with one attached hydrogen (secondary N) is 1. The topological polar surface area (TPSA) is 49.4 Å². The smallest absolute Gasteiger partial charge is 0.255 e. The van der Waals surface area contributed by atoms with Crippen molar-refractivity contribution in [3.63, 3.8) is 0 Å². The summed E-state index contributed by atoms with van der Waals surface area (Å²) in [5.41, 5.74) is 0. The summed E-state index contributed by atoms with van der Waals surface area (Å²) in [5, 5.41) is 2.63. The van der Waals surface area contributed by atoms with E-state index in [1.54, 1.807) is 13.8 Å². The van der Waals surface area contributed by atoms with Crippen LogP contribution in [-0.2, 0) is 9.59 Å². The fraction of sp³-hybridized carbons (Fsp3) is 0.833. The molecule has 18 heavy (non-hydrogen) atoms. The zero-order valence-electron chi connectivity index (χ0n) is 11.0. The molecule has 0 saturated carbocycles. The molecule has 1 heterocycles. The number of carbonyl (C=O) groups excluding carboxylic acids is 2. The molecule has 104 valence electrons. The minimum Gasteiger partial charge on any atom is -0.342 e. The van der Waals surface area contributed by atoms with E-state index in [4.69, 9.17) is 0 Å². The maximum atomic E-state index is 12.5. The second kappa shape index (κ2) is 6.11. The van der Waals surface area contributed by atoms with Gasteiger partial charge in [0.25, 0.3) is 6.43 Å². The molecule has 0 aliphatic carbocycles. The van der Waals surface area contributed by atoms with Crippen LogP contribution in [0.3, 0.4) is 0 Å². The molecular weight excluding hydrogens is 242 g/mol. The predicted molar refractivity (Wildman–Crippen MR) is 63.2 cm³/mol. The van der Waals surface area contributed by atoms with E-state index >= 15 is 0 Å². The number of amides is 2. The highest BCUT2D eigenvalue weighted by Crippen LogP contribution is 2.20. The lowest BCUT2D eigenvalue weighted by molar-refractivity contribution is -0.153. The first-order valence-electron chi connectivity index (χ1n) is 6.27. The third-order valence-electron chi connectivity index (χ3n) is 3.05. The SMILES string of the molecule is CCCC1NC(=O)C(C(C)C)N(CC(F)F)C1=O. The summed E-state index contributed by atoms with van der Waals surface area (Å²) in [5.74, 6) is -0.908. The second-order valence-electron chi connectivity index (χ2n) is 4.92. The van der Waals surface area contributed by atoms with Gasteiger partial charge in [-0.1, -0.05) is 27.2 Å². The van der Waals surface area contributed by atoms with Crippen molar-refractivity contribution >= 4 is 11.8 Å². The molecule has 0 radical (unpaired) electrons. The molecule has 4 nitrogen and oxygen atoms in total. The number of nitrogens with zero attached hydrogens (tertiary/aromatic N) is 1. The Hall–Kier alpha value is -1.20. The fourth-order valence-electron chi connectivity index (χ4n) is 2.30. The highest BCUT2D eigenvalue weighted by molar-refractivity contribution is 5.97. The minimum atomic E-state index is -2.62. The molecule has 1 aliphatic rings. The quantitative estimate of drug-likeness (QED) is 0.814. The Labute approximate surface area is 106 Å². The van der Waals surface area contributed by atoms with Gasteiger partial charge in [0.05, 0.1) is 6.54 Å². The number of halogens is 2. The zero-order chi connectivity index (χ0) is 13.9. The molecule has 0 aromatic carbocycles. The van der Waals surface area contributed by atoms with Crippen LogP contribution >= 0.6 is 0 Å². The molecule has 6 heteroatoms. The van der Waals surface area contributed by atoms with E-state index in [2.05, 4.69) is 5.32 Å². The second-order valence-corrected chi connectivity index (χ2v) is 4.92. The van der Waals surface area contributed by atoms with E-state index in [0.29, 0.717) is 12.8 Å². The molecule has 1 fully saturated rings. The molecule has 0 aromatic rings. The maximum absolute atomic E-state index is 12.5. The molecule has 1 rings (SSSR count). The predicted octanol–water partition coefficient (Wildman–Crippen LogP) is 1.40. The lowest BCUT2D eigenvalue weighted by Crippen LogP contribution is -2.65. The van der Waals surface area contributed by atoms with Crippen LogP contribution in [0.5, 0.6) is 0 Å². The Morgan fingerprint density at radius 1 is 1.33 bits per heavy atom. The molecule has 2 amide bonds. The molecule has 0 spiro atoms. The van der Waals surface area contributed by atoms with Gasteiger partial charge in [-0.05, 0) is 12.3 Å². The van der Waals surface area contributed by atoms with Gasteiger partial charge in [0.1, 0.15) is 12.1 Å². The van der Waals surface area contributed by atoms with Gasteiger partial charge in [-0.25, -0.2) is 8.78 Å². The zero-order valence-corrected chi connectivity index (χ0v) is 11.0. The summed E-state index contributed by atoms with van der Waals surface area (Å²) >= 11 is 0. The molecule has 2 atom stereocenters. The number of piperazine rings is 1. The van der Waals surface area contributed by atoms with Crippen LogP contribution in [-0.4, -0.2) is 41.8 Å². The van der Waals surface area contributed by atoms with Gasteiger partial charge < -0.3 is 10.2 Å². The average molecular weight is 262 g/mol. The van der Waals surface area contributed by atoms with Gasteiger partial charge in [-0.15, -0.1) is 0 Å². The lowest BCUT2D eigenvalue weighted by atomic mass is 9.95. The van der Waals surface area contributed by atoms with Gasteiger partial charge in [0.15, 0.2) is 0 Å². The third-order valence-corrected chi connectivity index (χ3v) is 3.05. The first-order chi connectivity index (χ1) is 8.38. The monoisotopic (exact) mass is 262 g/mol. The van der Waals surface area contributed by atoms with Crippen LogP contribution in [0.2, 0.25) is 0 Å². The molecule has 1 saturated heterocycles. The van der Waals surface area contributed by atoms with Crippen LogP contribution in [0.4, 0.5) is 8.78 Å². The summed E-state index contributed by atoms with van der Waals surface area (Å²) in [6, 6.07) is -1.45. The van der Waals surface area contributed by atoms with Gasteiger partial charge in [-0.2, -0.15) is 0 Å². The number of rotatable bonds is 5. The Balaban J connectivity index is 2.93. The molecule has 1 aliphatic heterocycles. The summed E-state index contributed by atoms with van der Waals surface area (Å²) in [4.78, 5) is 25.0.